The number of fused-ring (bicyclic) bond motifs is 20. The fourth-order valence-corrected chi connectivity index (χ4v) is 13.2. The van der Waals surface area contributed by atoms with Crippen LogP contribution in [0.1, 0.15) is 0 Å². The Morgan fingerprint density at radius 2 is 0.677 bits per heavy atom. The van der Waals surface area contributed by atoms with Crippen molar-refractivity contribution >= 4 is 150 Å². The third-order valence-electron chi connectivity index (χ3n) is 13.4. The van der Waals surface area contributed by atoms with Crippen molar-refractivity contribution in [1.29, 1.82) is 0 Å². The van der Waals surface area contributed by atoms with E-state index in [4.69, 9.17) is 8.83 Å². The van der Waals surface area contributed by atoms with Gasteiger partial charge in [-0.15, -0.1) is 22.7 Å². The normalized spacial score (nSPS) is 12.5. The first-order valence-electron chi connectivity index (χ1n) is 21.1. The summed E-state index contributed by atoms with van der Waals surface area (Å²) in [4.78, 5) is 0. The Labute approximate surface area is 361 Å². The number of para-hydroxylation sites is 4. The van der Waals surface area contributed by atoms with Crippen LogP contribution in [-0.2, 0) is 0 Å². The summed E-state index contributed by atoms with van der Waals surface area (Å²) < 4.78 is 18.7. The Morgan fingerprint density at radius 3 is 1.16 bits per heavy atom. The minimum Gasteiger partial charge on any atom is -0.455 e. The number of benzene rings is 11. The van der Waals surface area contributed by atoms with E-state index in [1.165, 1.54) is 94.6 Å². The Hall–Kier alpha value is -7.50. The number of thiophene rings is 2. The van der Waals surface area contributed by atoms with Gasteiger partial charge in [0.05, 0.1) is 0 Å². The van der Waals surface area contributed by atoms with Crippen molar-refractivity contribution < 1.29 is 8.83 Å². The molecule has 286 valence electrons. The van der Waals surface area contributed by atoms with Crippen LogP contribution < -0.4 is 0 Å². The van der Waals surface area contributed by atoms with Gasteiger partial charge in [-0.1, -0.05) is 133 Å². The fourth-order valence-electron chi connectivity index (χ4n) is 10.7. The third kappa shape index (κ3) is 4.37. The maximum atomic E-state index is 6.77. The van der Waals surface area contributed by atoms with Gasteiger partial charge < -0.3 is 8.83 Å². The van der Waals surface area contributed by atoms with Gasteiger partial charge in [-0.25, -0.2) is 0 Å². The van der Waals surface area contributed by atoms with Crippen LogP contribution in [0.4, 0.5) is 0 Å². The SMILES string of the molecule is c1ccc2c(c1)oc1c(-c3cc4cc5c(cc(-c6cccc7c6oc6ccccc67)c6c5ccc5c7ccccc7sc56)cc4c4ccc5c6ccccc6sc5c34)cccc12. The molecule has 62 heavy (non-hydrogen) atoms. The van der Waals surface area contributed by atoms with Gasteiger partial charge in [0, 0.05) is 83.8 Å². The van der Waals surface area contributed by atoms with Crippen LogP contribution in [-0.4, -0.2) is 0 Å². The minimum atomic E-state index is 0.909. The molecular weight excluding hydrogens is 793 g/mol. The molecule has 2 nitrogen and oxygen atoms in total. The molecule has 0 aliphatic carbocycles. The lowest BCUT2D eigenvalue weighted by molar-refractivity contribution is 0.669. The molecule has 0 unspecified atom stereocenters. The van der Waals surface area contributed by atoms with Crippen molar-refractivity contribution in [2.75, 3.05) is 0 Å². The van der Waals surface area contributed by atoms with Crippen LogP contribution in [0.2, 0.25) is 0 Å². The molecule has 11 aromatic carbocycles. The summed E-state index contributed by atoms with van der Waals surface area (Å²) in [6, 6.07) is 66.9. The van der Waals surface area contributed by atoms with Crippen molar-refractivity contribution in [2.45, 2.75) is 0 Å². The molecule has 4 aromatic heterocycles. The van der Waals surface area contributed by atoms with Crippen molar-refractivity contribution in [3.8, 4) is 22.3 Å². The van der Waals surface area contributed by atoms with Crippen LogP contribution >= 0.6 is 22.7 Å². The Balaban J connectivity index is 1.11. The maximum Gasteiger partial charge on any atom is 0.143 e. The van der Waals surface area contributed by atoms with Crippen molar-refractivity contribution in [2.24, 2.45) is 0 Å². The summed E-state index contributed by atoms with van der Waals surface area (Å²) in [5.74, 6) is 0. The van der Waals surface area contributed by atoms with E-state index >= 15 is 0 Å². The van der Waals surface area contributed by atoms with E-state index in [0.717, 1.165) is 55.0 Å². The van der Waals surface area contributed by atoms with Gasteiger partial charge >= 0.3 is 0 Å². The highest BCUT2D eigenvalue weighted by Gasteiger charge is 2.23. The van der Waals surface area contributed by atoms with Crippen molar-refractivity contribution in [1.82, 2.24) is 0 Å². The second kappa shape index (κ2) is 12.1. The minimum absolute atomic E-state index is 0.909. The molecule has 0 aliphatic heterocycles. The van der Waals surface area contributed by atoms with Gasteiger partial charge in [-0.2, -0.15) is 0 Å². The molecule has 0 bridgehead atoms. The number of hydrogen-bond donors (Lipinski definition) is 0. The fraction of sp³-hybridized carbons (Fsp3) is 0. The molecule has 4 heterocycles. The molecule has 0 radical (unpaired) electrons. The molecule has 0 fully saturated rings. The molecule has 0 aliphatic rings. The van der Waals surface area contributed by atoms with E-state index in [-0.39, 0.29) is 0 Å². The van der Waals surface area contributed by atoms with E-state index in [1.54, 1.807) is 0 Å². The quantitative estimate of drug-likeness (QED) is 0.128. The topological polar surface area (TPSA) is 26.3 Å². The molecule has 15 rings (SSSR count). The zero-order valence-electron chi connectivity index (χ0n) is 33.0. The molecule has 0 spiro atoms. The van der Waals surface area contributed by atoms with Gasteiger partial charge in [0.25, 0.3) is 0 Å². The lowest BCUT2D eigenvalue weighted by atomic mass is 9.87. The molecule has 0 saturated heterocycles. The summed E-state index contributed by atoms with van der Waals surface area (Å²) in [6.07, 6.45) is 0. The van der Waals surface area contributed by atoms with Crippen molar-refractivity contribution in [3.05, 3.63) is 182 Å². The zero-order valence-corrected chi connectivity index (χ0v) is 34.6. The molecule has 0 atom stereocenters. The highest BCUT2D eigenvalue weighted by atomic mass is 32.1. The predicted octanol–water partition coefficient (Wildman–Crippen LogP) is 18.2. The van der Waals surface area contributed by atoms with E-state index in [0.29, 0.717) is 0 Å². The number of rotatable bonds is 2. The highest BCUT2D eigenvalue weighted by molar-refractivity contribution is 7.27. The Morgan fingerprint density at radius 1 is 0.274 bits per heavy atom. The summed E-state index contributed by atoms with van der Waals surface area (Å²) in [5.41, 5.74) is 8.28. The summed E-state index contributed by atoms with van der Waals surface area (Å²) in [6.45, 7) is 0. The summed E-state index contributed by atoms with van der Waals surface area (Å²) >= 11 is 3.78. The van der Waals surface area contributed by atoms with Crippen LogP contribution in [0, 0.1) is 0 Å². The maximum absolute atomic E-state index is 6.77. The molecule has 0 saturated carbocycles. The van der Waals surface area contributed by atoms with E-state index in [1.807, 2.05) is 22.7 Å². The molecule has 0 amide bonds. The first-order chi connectivity index (χ1) is 30.7. The van der Waals surface area contributed by atoms with Gasteiger partial charge in [0.15, 0.2) is 0 Å². The van der Waals surface area contributed by atoms with E-state index in [9.17, 15) is 0 Å². The van der Waals surface area contributed by atoms with Crippen LogP contribution in [0.5, 0.6) is 0 Å². The highest BCUT2D eigenvalue weighted by Crippen LogP contribution is 2.50. The smallest absolute Gasteiger partial charge is 0.143 e. The van der Waals surface area contributed by atoms with Crippen LogP contribution in [0.3, 0.4) is 0 Å². The predicted molar refractivity (Wildman–Crippen MR) is 268 cm³/mol. The zero-order chi connectivity index (χ0) is 40.2. The first-order valence-corrected chi connectivity index (χ1v) is 22.7. The van der Waals surface area contributed by atoms with E-state index in [2.05, 4.69) is 182 Å². The summed E-state index contributed by atoms with van der Waals surface area (Å²) in [7, 11) is 0. The number of furan rings is 2. The average Bonchev–Trinajstić information content (AvgIpc) is 4.10. The van der Waals surface area contributed by atoms with Gasteiger partial charge in [-0.3, -0.25) is 0 Å². The monoisotopic (exact) mass is 822 g/mol. The molecule has 15 aromatic rings. The third-order valence-corrected chi connectivity index (χ3v) is 15.8. The largest absolute Gasteiger partial charge is 0.455 e. The van der Waals surface area contributed by atoms with Gasteiger partial charge in [-0.05, 0) is 92.0 Å². The lowest BCUT2D eigenvalue weighted by Gasteiger charge is -2.16. The van der Waals surface area contributed by atoms with Crippen LogP contribution in [0.15, 0.2) is 191 Å². The van der Waals surface area contributed by atoms with Gasteiger partial charge in [0.1, 0.15) is 22.3 Å². The molecule has 0 N–H and O–H groups in total. The molecular formula is C58H30O2S2. The van der Waals surface area contributed by atoms with Crippen LogP contribution in [0.25, 0.3) is 150 Å². The van der Waals surface area contributed by atoms with Crippen molar-refractivity contribution in [3.63, 3.8) is 0 Å². The first kappa shape index (κ1) is 33.2. The Bertz CT molecular complexity index is 4170. The number of hydrogen-bond acceptors (Lipinski definition) is 4. The standard InChI is InChI=1S/C58H30O2S2/c1-5-19-49-33(11-1)39-15-9-17-41(55(39)59-49)47-29-31-27-46-32(28-45(31)37-23-25-43-35-13-3-7-21-51(35)61-57(43)53(37)47)30-48(42-18-10-16-40-34-12-2-6-20-50(34)60-56(40)42)54-38(46)24-26-44-36-14-4-8-22-52(36)62-58(44)54/h1-30H. The second-order valence-corrected chi connectivity index (χ2v) is 18.7. The van der Waals surface area contributed by atoms with E-state index < -0.39 is 0 Å². The molecule has 4 heteroatoms. The Kier molecular flexibility index (Phi) is 6.48. The lowest BCUT2D eigenvalue weighted by Crippen LogP contribution is -1.89. The average molecular weight is 823 g/mol. The second-order valence-electron chi connectivity index (χ2n) is 16.6. The van der Waals surface area contributed by atoms with Gasteiger partial charge in [0.2, 0.25) is 0 Å². The summed E-state index contributed by atoms with van der Waals surface area (Å²) in [5, 5.41) is 19.6.